The monoisotopic (exact) mass is 312 g/mol. The van der Waals surface area contributed by atoms with Crippen LogP contribution in [0.2, 0.25) is 0 Å². The highest BCUT2D eigenvalue weighted by Gasteiger charge is 2.24. The van der Waals surface area contributed by atoms with Crippen molar-refractivity contribution in [1.29, 1.82) is 0 Å². The lowest BCUT2D eigenvalue weighted by Gasteiger charge is -2.19. The number of carbonyl (C=O) groups excluding carboxylic acids is 1. The zero-order chi connectivity index (χ0) is 16.2. The van der Waals surface area contributed by atoms with E-state index in [1.54, 1.807) is 19.1 Å². The van der Waals surface area contributed by atoms with Crippen LogP contribution in [0.1, 0.15) is 25.0 Å². The fraction of sp³-hybridized carbons (Fsp3) is 0.533. The second-order valence-corrected chi connectivity index (χ2v) is 7.74. The van der Waals surface area contributed by atoms with Crippen LogP contribution >= 0.6 is 0 Å². The molecule has 1 aromatic carbocycles. The van der Waals surface area contributed by atoms with Gasteiger partial charge in [0.1, 0.15) is 0 Å². The minimum atomic E-state index is -3.65. The molecule has 0 aliphatic heterocycles. The summed E-state index contributed by atoms with van der Waals surface area (Å²) in [5.41, 5.74) is 1.55. The third kappa shape index (κ3) is 4.82. The van der Waals surface area contributed by atoms with E-state index in [4.69, 9.17) is 0 Å². The SMILES string of the molecule is Cc1ccc(C)c(S(=O)(=O)N(C)CC(=O)NCC(C)C)c1. The molecule has 0 fully saturated rings. The lowest BCUT2D eigenvalue weighted by Crippen LogP contribution is -2.39. The highest BCUT2D eigenvalue weighted by molar-refractivity contribution is 7.89. The molecular weight excluding hydrogens is 288 g/mol. The highest BCUT2D eigenvalue weighted by atomic mass is 32.2. The number of likely N-dealkylation sites (N-methyl/N-ethyl adjacent to an activating group) is 1. The first kappa shape index (κ1) is 17.7. The van der Waals surface area contributed by atoms with Gasteiger partial charge in [-0.2, -0.15) is 4.31 Å². The smallest absolute Gasteiger partial charge is 0.243 e. The van der Waals surface area contributed by atoms with E-state index in [0.29, 0.717) is 18.0 Å². The fourth-order valence-electron chi connectivity index (χ4n) is 1.81. The van der Waals surface area contributed by atoms with E-state index in [2.05, 4.69) is 5.32 Å². The van der Waals surface area contributed by atoms with Gasteiger partial charge in [-0.05, 0) is 37.0 Å². The molecule has 0 saturated carbocycles. The quantitative estimate of drug-likeness (QED) is 0.869. The number of rotatable bonds is 6. The number of amides is 1. The minimum Gasteiger partial charge on any atom is -0.355 e. The Morgan fingerprint density at radius 1 is 1.29 bits per heavy atom. The van der Waals surface area contributed by atoms with Crippen molar-refractivity contribution in [3.63, 3.8) is 0 Å². The van der Waals surface area contributed by atoms with Gasteiger partial charge in [0.2, 0.25) is 15.9 Å². The zero-order valence-electron chi connectivity index (χ0n) is 13.3. The number of carbonyl (C=O) groups is 1. The lowest BCUT2D eigenvalue weighted by molar-refractivity contribution is -0.121. The molecule has 0 spiro atoms. The largest absolute Gasteiger partial charge is 0.355 e. The van der Waals surface area contributed by atoms with E-state index >= 15 is 0 Å². The molecular formula is C15H24N2O3S. The Morgan fingerprint density at radius 2 is 1.90 bits per heavy atom. The van der Waals surface area contributed by atoms with Gasteiger partial charge in [0, 0.05) is 13.6 Å². The van der Waals surface area contributed by atoms with Crippen molar-refractivity contribution in [2.24, 2.45) is 5.92 Å². The molecule has 6 heteroatoms. The molecule has 1 amide bonds. The maximum atomic E-state index is 12.5. The fourth-order valence-corrected chi connectivity index (χ4v) is 3.25. The first-order valence-corrected chi connectivity index (χ1v) is 8.39. The Hall–Kier alpha value is -1.40. The first-order valence-electron chi connectivity index (χ1n) is 6.95. The van der Waals surface area contributed by atoms with Gasteiger partial charge < -0.3 is 5.32 Å². The van der Waals surface area contributed by atoms with Crippen molar-refractivity contribution in [2.45, 2.75) is 32.6 Å². The summed E-state index contributed by atoms with van der Waals surface area (Å²) in [4.78, 5) is 12.0. The standard InChI is InChI=1S/C15H24N2O3S/c1-11(2)9-16-15(18)10-17(5)21(19,20)14-8-12(3)6-7-13(14)4/h6-8,11H,9-10H2,1-5H3,(H,16,18). The predicted molar refractivity (Wildman–Crippen MR) is 83.6 cm³/mol. The van der Waals surface area contributed by atoms with Gasteiger partial charge in [-0.3, -0.25) is 4.79 Å². The van der Waals surface area contributed by atoms with Crippen molar-refractivity contribution in [3.05, 3.63) is 29.3 Å². The molecule has 0 bridgehead atoms. The molecule has 0 atom stereocenters. The number of benzene rings is 1. The predicted octanol–water partition coefficient (Wildman–Crippen LogP) is 1.70. The average Bonchev–Trinajstić information content (AvgIpc) is 2.39. The summed E-state index contributed by atoms with van der Waals surface area (Å²) in [7, 11) is -2.23. The third-order valence-corrected chi connectivity index (χ3v) is 5.05. The molecule has 21 heavy (non-hydrogen) atoms. The number of aryl methyl sites for hydroxylation is 2. The molecule has 0 aromatic heterocycles. The maximum Gasteiger partial charge on any atom is 0.243 e. The third-order valence-electron chi connectivity index (χ3n) is 3.11. The van der Waals surface area contributed by atoms with Crippen molar-refractivity contribution < 1.29 is 13.2 Å². The normalized spacial score (nSPS) is 12.0. The van der Waals surface area contributed by atoms with Crippen LogP contribution in [0, 0.1) is 19.8 Å². The molecule has 1 N–H and O–H groups in total. The molecule has 118 valence electrons. The molecule has 1 rings (SSSR count). The van der Waals surface area contributed by atoms with Crippen molar-refractivity contribution in [2.75, 3.05) is 20.1 Å². The van der Waals surface area contributed by atoms with Gasteiger partial charge in [0.25, 0.3) is 0 Å². The number of hydrogen-bond acceptors (Lipinski definition) is 3. The van der Waals surface area contributed by atoms with Gasteiger partial charge in [0.15, 0.2) is 0 Å². The summed E-state index contributed by atoms with van der Waals surface area (Å²) in [5.74, 6) is 0.0370. The van der Waals surface area contributed by atoms with Crippen LogP contribution in [0.4, 0.5) is 0 Å². The van der Waals surface area contributed by atoms with Crippen molar-refractivity contribution in [3.8, 4) is 0 Å². The number of hydrogen-bond donors (Lipinski definition) is 1. The van der Waals surface area contributed by atoms with Crippen LogP contribution in [-0.4, -0.2) is 38.8 Å². The second kappa shape index (κ2) is 7.04. The van der Waals surface area contributed by atoms with E-state index in [9.17, 15) is 13.2 Å². The van der Waals surface area contributed by atoms with Gasteiger partial charge in [0.05, 0.1) is 11.4 Å². The van der Waals surface area contributed by atoms with Crippen molar-refractivity contribution >= 4 is 15.9 Å². The molecule has 5 nitrogen and oxygen atoms in total. The molecule has 0 radical (unpaired) electrons. The molecule has 0 saturated heterocycles. The van der Waals surface area contributed by atoms with E-state index in [1.165, 1.54) is 7.05 Å². The van der Waals surface area contributed by atoms with Crippen LogP contribution in [0.3, 0.4) is 0 Å². The highest BCUT2D eigenvalue weighted by Crippen LogP contribution is 2.20. The van der Waals surface area contributed by atoms with Crippen LogP contribution < -0.4 is 5.32 Å². The second-order valence-electron chi connectivity index (χ2n) is 5.73. The van der Waals surface area contributed by atoms with Crippen molar-refractivity contribution in [1.82, 2.24) is 9.62 Å². The van der Waals surface area contributed by atoms with E-state index in [0.717, 1.165) is 9.87 Å². The summed E-state index contributed by atoms with van der Waals surface area (Å²) >= 11 is 0. The summed E-state index contributed by atoms with van der Waals surface area (Å²) in [6.07, 6.45) is 0. The van der Waals surface area contributed by atoms with Crippen LogP contribution in [-0.2, 0) is 14.8 Å². The Balaban J connectivity index is 2.87. The molecule has 0 heterocycles. The van der Waals surface area contributed by atoms with Crippen LogP contribution in [0.15, 0.2) is 23.1 Å². The van der Waals surface area contributed by atoms with E-state index < -0.39 is 10.0 Å². The topological polar surface area (TPSA) is 66.5 Å². The molecule has 0 aliphatic carbocycles. The number of sulfonamides is 1. The minimum absolute atomic E-state index is 0.178. The Bertz CT molecular complexity index is 609. The van der Waals surface area contributed by atoms with Crippen LogP contribution in [0.25, 0.3) is 0 Å². The summed E-state index contributed by atoms with van der Waals surface area (Å²) in [5, 5.41) is 2.72. The van der Waals surface area contributed by atoms with Crippen LogP contribution in [0.5, 0.6) is 0 Å². The summed E-state index contributed by atoms with van der Waals surface area (Å²) < 4.78 is 26.1. The Morgan fingerprint density at radius 3 is 2.48 bits per heavy atom. The first-order chi connectivity index (χ1) is 9.64. The lowest BCUT2D eigenvalue weighted by atomic mass is 10.2. The van der Waals surface area contributed by atoms with Gasteiger partial charge in [-0.1, -0.05) is 26.0 Å². The Kier molecular flexibility index (Phi) is 5.92. The Labute approximate surface area is 127 Å². The molecule has 1 aromatic rings. The number of nitrogens with one attached hydrogen (secondary N) is 1. The maximum absolute atomic E-state index is 12.5. The molecule has 0 aliphatic rings. The summed E-state index contributed by atoms with van der Waals surface area (Å²) in [6.45, 7) is 7.92. The van der Waals surface area contributed by atoms with E-state index in [1.807, 2.05) is 26.8 Å². The van der Waals surface area contributed by atoms with E-state index in [-0.39, 0.29) is 17.3 Å². The summed E-state index contributed by atoms with van der Waals surface area (Å²) in [6, 6.07) is 5.27. The molecule has 0 unspecified atom stereocenters. The average molecular weight is 312 g/mol. The number of nitrogens with zero attached hydrogens (tertiary/aromatic N) is 1. The van der Waals surface area contributed by atoms with Gasteiger partial charge in [-0.25, -0.2) is 8.42 Å². The zero-order valence-corrected chi connectivity index (χ0v) is 14.1. The van der Waals surface area contributed by atoms with Gasteiger partial charge >= 0.3 is 0 Å². The van der Waals surface area contributed by atoms with Gasteiger partial charge in [-0.15, -0.1) is 0 Å².